The largest absolute Gasteiger partial charge is 0.458 e. The van der Waals surface area contributed by atoms with Crippen LogP contribution in [-0.2, 0) is 28.6 Å². The molecule has 8 heteroatoms. The lowest BCUT2D eigenvalue weighted by molar-refractivity contribution is -0.154. The molecule has 30 heavy (non-hydrogen) atoms. The summed E-state index contributed by atoms with van der Waals surface area (Å²) in [6, 6.07) is 0. The summed E-state index contributed by atoms with van der Waals surface area (Å²) in [6.45, 7) is 9.80. The van der Waals surface area contributed by atoms with Gasteiger partial charge in [-0.3, -0.25) is 9.59 Å². The van der Waals surface area contributed by atoms with Gasteiger partial charge in [0.1, 0.15) is 18.3 Å². The maximum atomic E-state index is 12.5. The van der Waals surface area contributed by atoms with E-state index in [2.05, 4.69) is 6.58 Å². The standard InChI is InChI=1S/C22H30O8/c1-6-11(2)21(26)29-18-7-12(3)16(25)9-17(28-14(5)24)15(10-23)8-19-20(18)13(4)22(27)30-19/h7-8,11,16-20,23,25H,4,6,9-10H2,1-3,5H3/b12-7-,15-8-/t11-,16-,17-,18+,19-,20+/m0/s1. The first kappa shape index (κ1) is 23.8. The highest BCUT2D eigenvalue weighted by Gasteiger charge is 2.45. The summed E-state index contributed by atoms with van der Waals surface area (Å²) in [5, 5.41) is 20.5. The molecule has 1 heterocycles. The van der Waals surface area contributed by atoms with Crippen LogP contribution in [0.15, 0.2) is 35.5 Å². The highest BCUT2D eigenvalue weighted by molar-refractivity contribution is 5.91. The van der Waals surface area contributed by atoms with Crippen LogP contribution in [-0.4, -0.2) is 59.1 Å². The summed E-state index contributed by atoms with van der Waals surface area (Å²) >= 11 is 0. The second kappa shape index (κ2) is 10.0. The Balaban J connectivity index is 2.53. The number of hydrogen-bond acceptors (Lipinski definition) is 8. The summed E-state index contributed by atoms with van der Waals surface area (Å²) < 4.78 is 16.4. The van der Waals surface area contributed by atoms with Crippen molar-refractivity contribution in [3.05, 3.63) is 35.5 Å². The van der Waals surface area contributed by atoms with Crippen molar-refractivity contribution in [3.8, 4) is 0 Å². The Kier molecular flexibility index (Phi) is 7.97. The van der Waals surface area contributed by atoms with E-state index in [0.717, 1.165) is 0 Å². The molecule has 8 nitrogen and oxygen atoms in total. The van der Waals surface area contributed by atoms with Gasteiger partial charge in [0.2, 0.25) is 0 Å². The van der Waals surface area contributed by atoms with Crippen molar-refractivity contribution in [1.82, 2.24) is 0 Å². The Morgan fingerprint density at radius 1 is 1.33 bits per heavy atom. The maximum Gasteiger partial charge on any atom is 0.334 e. The van der Waals surface area contributed by atoms with Gasteiger partial charge < -0.3 is 24.4 Å². The van der Waals surface area contributed by atoms with Gasteiger partial charge in [0.15, 0.2) is 0 Å². The van der Waals surface area contributed by atoms with E-state index in [9.17, 15) is 24.6 Å². The zero-order chi connectivity index (χ0) is 22.6. The molecule has 0 unspecified atom stereocenters. The molecule has 0 aromatic rings. The lowest BCUT2D eigenvalue weighted by atomic mass is 9.85. The van der Waals surface area contributed by atoms with Crippen LogP contribution < -0.4 is 0 Å². The zero-order valence-corrected chi connectivity index (χ0v) is 17.8. The smallest absolute Gasteiger partial charge is 0.334 e. The lowest BCUT2D eigenvalue weighted by Crippen LogP contribution is -2.36. The normalized spacial score (nSPS) is 33.9. The van der Waals surface area contributed by atoms with Gasteiger partial charge in [-0.2, -0.15) is 0 Å². The first-order valence-corrected chi connectivity index (χ1v) is 10.0. The fourth-order valence-electron chi connectivity index (χ4n) is 3.47. The van der Waals surface area contributed by atoms with Crippen molar-refractivity contribution >= 4 is 17.9 Å². The minimum absolute atomic E-state index is 0.00733. The highest BCUT2D eigenvalue weighted by Crippen LogP contribution is 2.36. The lowest BCUT2D eigenvalue weighted by Gasteiger charge is -2.29. The number of aliphatic hydroxyl groups is 2. The molecule has 2 N–H and O–H groups in total. The van der Waals surface area contributed by atoms with Crippen molar-refractivity contribution in [2.75, 3.05) is 6.61 Å². The van der Waals surface area contributed by atoms with Crippen LogP contribution in [0.2, 0.25) is 0 Å². The van der Waals surface area contributed by atoms with E-state index in [1.54, 1.807) is 19.9 Å². The van der Waals surface area contributed by atoms with Gasteiger partial charge >= 0.3 is 17.9 Å². The number of ether oxygens (including phenoxy) is 3. The number of hydrogen-bond donors (Lipinski definition) is 2. The van der Waals surface area contributed by atoms with E-state index in [-0.39, 0.29) is 23.5 Å². The topological polar surface area (TPSA) is 119 Å². The van der Waals surface area contributed by atoms with E-state index in [4.69, 9.17) is 14.2 Å². The molecule has 0 aromatic heterocycles. The third kappa shape index (κ3) is 5.37. The molecule has 0 bridgehead atoms. The van der Waals surface area contributed by atoms with Crippen LogP contribution in [0.1, 0.15) is 40.5 Å². The van der Waals surface area contributed by atoms with E-state index in [0.29, 0.717) is 12.0 Å². The van der Waals surface area contributed by atoms with E-state index in [1.165, 1.54) is 13.0 Å². The van der Waals surface area contributed by atoms with Gasteiger partial charge in [0.05, 0.1) is 24.5 Å². The second-order valence-corrected chi connectivity index (χ2v) is 7.79. The predicted octanol–water partition coefficient (Wildman–Crippen LogP) is 1.60. The Morgan fingerprint density at radius 2 is 2.00 bits per heavy atom. The van der Waals surface area contributed by atoms with Crippen LogP contribution >= 0.6 is 0 Å². The SMILES string of the molecule is C=C1C(=O)O[C@H]2/C=C(/CO)[C@@H](OC(C)=O)C[C@H](O)/C(C)=C\[C@@H](OC(=O)[C@@H](C)CC)[C@@H]12. The van der Waals surface area contributed by atoms with Crippen LogP contribution in [0, 0.1) is 11.8 Å². The number of esters is 3. The second-order valence-electron chi connectivity index (χ2n) is 7.79. The van der Waals surface area contributed by atoms with Crippen molar-refractivity contribution in [1.29, 1.82) is 0 Å². The van der Waals surface area contributed by atoms with Gasteiger partial charge in [-0.25, -0.2) is 4.79 Å². The number of rotatable bonds is 5. The summed E-state index contributed by atoms with van der Waals surface area (Å²) in [4.78, 5) is 36.2. The minimum Gasteiger partial charge on any atom is -0.458 e. The Morgan fingerprint density at radius 3 is 2.57 bits per heavy atom. The third-order valence-electron chi connectivity index (χ3n) is 5.56. The van der Waals surface area contributed by atoms with Crippen LogP contribution in [0.4, 0.5) is 0 Å². The number of fused-ring (bicyclic) bond motifs is 1. The third-order valence-corrected chi connectivity index (χ3v) is 5.56. The van der Waals surface area contributed by atoms with E-state index >= 15 is 0 Å². The molecule has 2 rings (SSSR count). The molecule has 1 saturated heterocycles. The Labute approximate surface area is 176 Å². The number of aliphatic hydroxyl groups excluding tert-OH is 2. The first-order valence-electron chi connectivity index (χ1n) is 10.0. The fraction of sp³-hybridized carbons (Fsp3) is 0.591. The maximum absolute atomic E-state index is 12.5. The van der Waals surface area contributed by atoms with Crippen LogP contribution in [0.5, 0.6) is 0 Å². The zero-order valence-electron chi connectivity index (χ0n) is 17.8. The number of carbonyl (C=O) groups is 3. The Bertz CT molecular complexity index is 765. The van der Waals surface area contributed by atoms with Gasteiger partial charge in [0.25, 0.3) is 0 Å². The van der Waals surface area contributed by atoms with Gasteiger partial charge in [-0.05, 0) is 36.6 Å². The molecule has 166 valence electrons. The molecule has 2 aliphatic rings. The molecule has 0 spiro atoms. The molecule has 6 atom stereocenters. The van der Waals surface area contributed by atoms with Gasteiger partial charge in [-0.15, -0.1) is 0 Å². The predicted molar refractivity (Wildman–Crippen MR) is 107 cm³/mol. The molecule has 0 amide bonds. The van der Waals surface area contributed by atoms with E-state index in [1.807, 2.05) is 6.92 Å². The summed E-state index contributed by atoms with van der Waals surface area (Å²) in [7, 11) is 0. The van der Waals surface area contributed by atoms with Crippen molar-refractivity contribution in [2.45, 2.75) is 65.0 Å². The summed E-state index contributed by atoms with van der Waals surface area (Å²) in [5.41, 5.74) is 0.876. The average Bonchev–Trinajstić information content (AvgIpc) is 2.96. The molecule has 1 fully saturated rings. The highest BCUT2D eigenvalue weighted by atomic mass is 16.6. The summed E-state index contributed by atoms with van der Waals surface area (Å²) in [5.74, 6) is -2.74. The first-order chi connectivity index (χ1) is 14.1. The minimum atomic E-state index is -1.03. The average molecular weight is 422 g/mol. The van der Waals surface area contributed by atoms with E-state index < -0.39 is 54.8 Å². The van der Waals surface area contributed by atoms with Crippen molar-refractivity contribution in [3.63, 3.8) is 0 Å². The fourth-order valence-corrected chi connectivity index (χ4v) is 3.47. The summed E-state index contributed by atoms with van der Waals surface area (Å²) in [6.07, 6.45) is -0.0639. The van der Waals surface area contributed by atoms with Gasteiger partial charge in [-0.1, -0.05) is 20.4 Å². The van der Waals surface area contributed by atoms with Crippen LogP contribution in [0.25, 0.3) is 0 Å². The molecular weight excluding hydrogens is 392 g/mol. The Hall–Kier alpha value is -2.45. The number of carbonyl (C=O) groups excluding carboxylic acids is 3. The molecule has 0 aromatic carbocycles. The molecule has 1 aliphatic heterocycles. The quantitative estimate of drug-likeness (QED) is 0.297. The molecule has 0 radical (unpaired) electrons. The van der Waals surface area contributed by atoms with Crippen molar-refractivity contribution < 1.29 is 38.8 Å². The molecule has 0 saturated carbocycles. The van der Waals surface area contributed by atoms with Gasteiger partial charge in [0, 0.05) is 18.9 Å². The molecule has 1 aliphatic carbocycles. The van der Waals surface area contributed by atoms with Crippen molar-refractivity contribution in [2.24, 2.45) is 11.8 Å². The van der Waals surface area contributed by atoms with Crippen LogP contribution in [0.3, 0.4) is 0 Å². The molecular formula is C22H30O8. The monoisotopic (exact) mass is 422 g/mol.